The first-order chi connectivity index (χ1) is 28.7. The highest BCUT2D eigenvalue weighted by Crippen LogP contribution is 2.42. The number of furan rings is 1. The number of fused-ring (bicyclic) bond motifs is 9. The van der Waals surface area contributed by atoms with Gasteiger partial charge in [0.25, 0.3) is 0 Å². The summed E-state index contributed by atoms with van der Waals surface area (Å²) in [6.45, 7) is 6.12. The zero-order valence-electron chi connectivity index (χ0n) is 32.1. The molecule has 0 atom stereocenters. The summed E-state index contributed by atoms with van der Waals surface area (Å²) in [5.74, 6) is 0. The van der Waals surface area contributed by atoms with Crippen LogP contribution in [-0.2, 0) is 0 Å². The number of para-hydroxylation sites is 2. The number of rotatable bonds is 7. The van der Waals surface area contributed by atoms with Gasteiger partial charge in [-0.1, -0.05) is 128 Å². The summed E-state index contributed by atoms with van der Waals surface area (Å²) in [6.07, 6.45) is 8.19. The summed E-state index contributed by atoms with van der Waals surface area (Å²) in [7, 11) is 0. The van der Waals surface area contributed by atoms with Crippen molar-refractivity contribution in [1.29, 1.82) is 0 Å². The minimum atomic E-state index is 0.897. The van der Waals surface area contributed by atoms with Crippen molar-refractivity contribution < 1.29 is 4.42 Å². The topological polar surface area (TPSA) is 23.0 Å². The SMILES string of the molecule is C=C/C=C(\C=C/C)n1c2ccc(-c3ccc4c(c3)c3ccccc3n4-c3ccc(-c4ccccc4)cc3)cc2c2cc(-c3cccc4oc5ccccc5c34)ccc21. The summed E-state index contributed by atoms with van der Waals surface area (Å²) in [5.41, 5.74) is 15.8. The monoisotopic (exact) mass is 742 g/mol. The number of allylic oxidation sites excluding steroid dienone is 5. The van der Waals surface area contributed by atoms with E-state index in [0.29, 0.717) is 0 Å². The second-order valence-electron chi connectivity index (χ2n) is 14.9. The van der Waals surface area contributed by atoms with Gasteiger partial charge in [0.2, 0.25) is 0 Å². The van der Waals surface area contributed by atoms with Gasteiger partial charge in [-0.2, -0.15) is 0 Å². The fourth-order valence-electron chi connectivity index (χ4n) is 9.02. The Kier molecular flexibility index (Phi) is 7.87. The van der Waals surface area contributed by atoms with Gasteiger partial charge in [-0.15, -0.1) is 0 Å². The van der Waals surface area contributed by atoms with Gasteiger partial charge < -0.3 is 13.6 Å². The Balaban J connectivity index is 1.09. The van der Waals surface area contributed by atoms with Crippen LogP contribution in [0.25, 0.3) is 110 Å². The molecule has 3 heteroatoms. The molecule has 0 amide bonds. The molecule has 0 bridgehead atoms. The largest absolute Gasteiger partial charge is 0.456 e. The molecule has 0 aliphatic heterocycles. The number of hydrogen-bond donors (Lipinski definition) is 0. The van der Waals surface area contributed by atoms with Crippen LogP contribution in [-0.4, -0.2) is 9.13 Å². The minimum absolute atomic E-state index is 0.897. The quantitative estimate of drug-likeness (QED) is 0.149. The molecule has 3 nitrogen and oxygen atoms in total. The molecule has 0 radical (unpaired) electrons. The normalized spacial score (nSPS) is 12.3. The van der Waals surface area contributed by atoms with Crippen molar-refractivity contribution in [3.8, 4) is 39.1 Å². The molecule has 0 saturated heterocycles. The van der Waals surface area contributed by atoms with E-state index in [1.165, 1.54) is 54.8 Å². The Morgan fingerprint density at radius 1 is 0.483 bits per heavy atom. The maximum absolute atomic E-state index is 6.30. The van der Waals surface area contributed by atoms with Gasteiger partial charge in [-0.05, 0) is 119 Å². The first-order valence-corrected chi connectivity index (χ1v) is 19.8. The van der Waals surface area contributed by atoms with E-state index in [1.807, 2.05) is 18.2 Å². The summed E-state index contributed by atoms with van der Waals surface area (Å²) in [5, 5.41) is 7.12. The van der Waals surface area contributed by atoms with Crippen molar-refractivity contribution in [2.24, 2.45) is 0 Å². The molecule has 0 aliphatic carbocycles. The molecule has 11 rings (SSSR count). The molecule has 0 fully saturated rings. The number of hydrogen-bond acceptors (Lipinski definition) is 1. The summed E-state index contributed by atoms with van der Waals surface area (Å²) < 4.78 is 11.0. The van der Waals surface area contributed by atoms with Crippen molar-refractivity contribution in [2.75, 3.05) is 0 Å². The van der Waals surface area contributed by atoms with E-state index in [1.54, 1.807) is 0 Å². The van der Waals surface area contributed by atoms with Crippen LogP contribution in [0.15, 0.2) is 211 Å². The Hall–Kier alpha value is -7.62. The second kappa shape index (κ2) is 13.5. The van der Waals surface area contributed by atoms with Gasteiger partial charge in [0.15, 0.2) is 0 Å². The molecule has 8 aromatic carbocycles. The number of benzene rings is 8. The second-order valence-corrected chi connectivity index (χ2v) is 14.9. The zero-order valence-corrected chi connectivity index (χ0v) is 32.1. The van der Waals surface area contributed by atoms with E-state index in [4.69, 9.17) is 4.42 Å². The summed E-state index contributed by atoms with van der Waals surface area (Å²) in [6, 6.07) is 63.6. The van der Waals surface area contributed by atoms with Crippen molar-refractivity contribution in [2.45, 2.75) is 6.92 Å². The highest BCUT2D eigenvalue weighted by molar-refractivity contribution is 6.16. The van der Waals surface area contributed by atoms with Crippen LogP contribution in [0.5, 0.6) is 0 Å². The average Bonchev–Trinajstić information content (AvgIpc) is 3.94. The van der Waals surface area contributed by atoms with Crippen LogP contribution in [0.1, 0.15) is 6.92 Å². The van der Waals surface area contributed by atoms with Crippen LogP contribution in [0.3, 0.4) is 0 Å². The first-order valence-electron chi connectivity index (χ1n) is 19.8. The van der Waals surface area contributed by atoms with Crippen LogP contribution < -0.4 is 0 Å². The number of nitrogens with zero attached hydrogens (tertiary/aromatic N) is 2. The van der Waals surface area contributed by atoms with Crippen molar-refractivity contribution >= 4 is 71.2 Å². The minimum Gasteiger partial charge on any atom is -0.456 e. The molecular weight excluding hydrogens is 705 g/mol. The van der Waals surface area contributed by atoms with E-state index in [2.05, 4.69) is 205 Å². The standard InChI is InChI=1S/C55H38N2O/c1-3-13-41(14-4-2)56-51-31-26-39(34-47(51)48-35-40(27-32-52(48)56)43-19-12-22-54-55(43)45-18-9-11-21-53(45)58-54)38-25-30-50-46(33-38)44-17-8-10-20-49(44)57(50)42-28-23-37(24-29-42)36-15-6-5-7-16-36/h3-35H,1H2,2H3/b14-4-,41-13+. The van der Waals surface area contributed by atoms with Gasteiger partial charge in [0.1, 0.15) is 11.2 Å². The lowest BCUT2D eigenvalue weighted by Crippen LogP contribution is -1.94. The molecule has 274 valence electrons. The lowest BCUT2D eigenvalue weighted by atomic mass is 9.97. The van der Waals surface area contributed by atoms with Crippen LogP contribution in [0.2, 0.25) is 0 Å². The predicted octanol–water partition coefficient (Wildman–Crippen LogP) is 15.4. The molecule has 0 saturated carbocycles. The lowest BCUT2D eigenvalue weighted by molar-refractivity contribution is 0.669. The van der Waals surface area contributed by atoms with E-state index < -0.39 is 0 Å². The third-order valence-electron chi connectivity index (χ3n) is 11.6. The molecule has 3 heterocycles. The summed E-state index contributed by atoms with van der Waals surface area (Å²) in [4.78, 5) is 0. The maximum Gasteiger partial charge on any atom is 0.136 e. The highest BCUT2D eigenvalue weighted by Gasteiger charge is 2.19. The zero-order chi connectivity index (χ0) is 38.7. The van der Waals surface area contributed by atoms with E-state index in [9.17, 15) is 0 Å². The van der Waals surface area contributed by atoms with Crippen LogP contribution in [0.4, 0.5) is 0 Å². The molecule has 0 N–H and O–H groups in total. The smallest absolute Gasteiger partial charge is 0.136 e. The van der Waals surface area contributed by atoms with Gasteiger partial charge in [-0.3, -0.25) is 0 Å². The Morgan fingerprint density at radius 3 is 1.79 bits per heavy atom. The predicted molar refractivity (Wildman–Crippen MR) is 247 cm³/mol. The van der Waals surface area contributed by atoms with Gasteiger partial charge in [0.05, 0.1) is 22.1 Å². The van der Waals surface area contributed by atoms with Crippen LogP contribution >= 0.6 is 0 Å². The maximum atomic E-state index is 6.30. The van der Waals surface area contributed by atoms with Crippen LogP contribution in [0, 0.1) is 0 Å². The number of aromatic nitrogens is 2. The van der Waals surface area contributed by atoms with Gasteiger partial charge in [-0.25, -0.2) is 0 Å². The average molecular weight is 743 g/mol. The molecule has 11 aromatic rings. The fourth-order valence-corrected chi connectivity index (χ4v) is 9.02. The first kappa shape index (κ1) is 33.7. The molecular formula is C55H38N2O. The fraction of sp³-hybridized carbons (Fsp3) is 0.0182. The van der Waals surface area contributed by atoms with Gasteiger partial charge in [0, 0.05) is 43.7 Å². The lowest BCUT2D eigenvalue weighted by Gasteiger charge is -2.10. The molecule has 0 spiro atoms. The third-order valence-corrected chi connectivity index (χ3v) is 11.6. The Labute approximate surface area is 336 Å². The van der Waals surface area contributed by atoms with E-state index in [0.717, 1.165) is 55.5 Å². The van der Waals surface area contributed by atoms with E-state index in [-0.39, 0.29) is 0 Å². The molecule has 3 aromatic heterocycles. The Bertz CT molecular complexity index is 3460. The summed E-state index contributed by atoms with van der Waals surface area (Å²) >= 11 is 0. The molecule has 0 unspecified atom stereocenters. The van der Waals surface area contributed by atoms with E-state index >= 15 is 0 Å². The molecule has 0 aliphatic rings. The van der Waals surface area contributed by atoms with Gasteiger partial charge >= 0.3 is 0 Å². The highest BCUT2D eigenvalue weighted by atomic mass is 16.3. The van der Waals surface area contributed by atoms with Crippen molar-refractivity contribution in [1.82, 2.24) is 9.13 Å². The Morgan fingerprint density at radius 2 is 1.05 bits per heavy atom. The third kappa shape index (κ3) is 5.28. The van der Waals surface area contributed by atoms with Crippen molar-refractivity contribution in [3.05, 3.63) is 207 Å². The van der Waals surface area contributed by atoms with Crippen molar-refractivity contribution in [3.63, 3.8) is 0 Å². The molecule has 58 heavy (non-hydrogen) atoms.